The third kappa shape index (κ3) is 5.07. The Morgan fingerprint density at radius 1 is 1.36 bits per heavy atom. The van der Waals surface area contributed by atoms with Crippen molar-refractivity contribution >= 4 is 11.8 Å². The molecule has 7 nitrogen and oxygen atoms in total. The van der Waals surface area contributed by atoms with E-state index in [9.17, 15) is 9.59 Å². The molecule has 1 aromatic heterocycles. The van der Waals surface area contributed by atoms with Gasteiger partial charge >= 0.3 is 0 Å². The molecule has 28 heavy (non-hydrogen) atoms. The van der Waals surface area contributed by atoms with Crippen LogP contribution in [0, 0.1) is 6.92 Å². The van der Waals surface area contributed by atoms with Crippen molar-refractivity contribution in [2.24, 2.45) is 0 Å². The van der Waals surface area contributed by atoms with E-state index < -0.39 is 6.04 Å². The van der Waals surface area contributed by atoms with Crippen LogP contribution in [-0.4, -0.2) is 47.9 Å². The number of nitrogens with zero attached hydrogens (tertiary/aromatic N) is 2. The highest BCUT2D eigenvalue weighted by Crippen LogP contribution is 2.21. The third-order valence-electron chi connectivity index (χ3n) is 4.86. The fraction of sp³-hybridized carbons (Fsp3) is 0.381. The summed E-state index contributed by atoms with van der Waals surface area (Å²) < 4.78 is 5.31. The Balaban J connectivity index is 1.62. The molecule has 1 fully saturated rings. The molecule has 1 saturated heterocycles. The Labute approximate surface area is 165 Å². The quantitative estimate of drug-likeness (QED) is 0.756. The lowest BCUT2D eigenvalue weighted by Crippen LogP contribution is -2.56. The Morgan fingerprint density at radius 2 is 2.21 bits per heavy atom. The molecule has 2 aromatic rings. The van der Waals surface area contributed by atoms with Crippen molar-refractivity contribution in [3.63, 3.8) is 0 Å². The van der Waals surface area contributed by atoms with Gasteiger partial charge in [-0.2, -0.15) is 0 Å². The van der Waals surface area contributed by atoms with Crippen molar-refractivity contribution in [3.8, 4) is 5.75 Å². The average molecular weight is 382 g/mol. The van der Waals surface area contributed by atoms with Crippen LogP contribution in [0.1, 0.15) is 23.2 Å². The summed E-state index contributed by atoms with van der Waals surface area (Å²) in [6, 6.07) is 11.1. The van der Waals surface area contributed by atoms with Gasteiger partial charge in [0.1, 0.15) is 5.75 Å². The number of hydrogen-bond acceptors (Lipinski definition) is 5. The molecule has 0 unspecified atom stereocenters. The Bertz CT molecular complexity index is 826. The van der Waals surface area contributed by atoms with Crippen molar-refractivity contribution < 1.29 is 14.3 Å². The maximum absolute atomic E-state index is 12.4. The molecule has 2 N–H and O–H groups in total. The summed E-state index contributed by atoms with van der Waals surface area (Å²) in [5.74, 6) is 0.568. The van der Waals surface area contributed by atoms with Crippen molar-refractivity contribution in [1.29, 1.82) is 0 Å². The lowest BCUT2D eigenvalue weighted by molar-refractivity contribution is -0.134. The van der Waals surface area contributed by atoms with Gasteiger partial charge in [-0.25, -0.2) is 0 Å². The number of rotatable bonds is 7. The lowest BCUT2D eigenvalue weighted by atomic mass is 10.1. The zero-order valence-corrected chi connectivity index (χ0v) is 16.3. The SMILES string of the molecule is COc1ccc(CN2CCNC(=O)[C@@H]2CC(=O)NCc2ccccn2)cc1C. The van der Waals surface area contributed by atoms with E-state index >= 15 is 0 Å². The van der Waals surface area contributed by atoms with E-state index in [4.69, 9.17) is 4.74 Å². The first-order valence-electron chi connectivity index (χ1n) is 9.38. The van der Waals surface area contributed by atoms with Gasteiger partial charge in [-0.15, -0.1) is 0 Å². The number of methoxy groups -OCH3 is 1. The number of ether oxygens (including phenoxy) is 1. The number of nitrogens with one attached hydrogen (secondary N) is 2. The van der Waals surface area contributed by atoms with Crippen LogP contribution in [0.15, 0.2) is 42.6 Å². The van der Waals surface area contributed by atoms with Gasteiger partial charge < -0.3 is 15.4 Å². The zero-order chi connectivity index (χ0) is 19.9. The van der Waals surface area contributed by atoms with E-state index in [0.29, 0.717) is 26.2 Å². The topological polar surface area (TPSA) is 83.6 Å². The highest BCUT2D eigenvalue weighted by molar-refractivity contribution is 5.88. The van der Waals surface area contributed by atoms with E-state index in [2.05, 4.69) is 26.6 Å². The molecule has 1 aromatic carbocycles. The maximum Gasteiger partial charge on any atom is 0.237 e. The van der Waals surface area contributed by atoms with E-state index in [1.807, 2.05) is 37.3 Å². The summed E-state index contributed by atoms with van der Waals surface area (Å²) in [4.78, 5) is 31.1. The van der Waals surface area contributed by atoms with Crippen molar-refractivity contribution in [2.45, 2.75) is 32.5 Å². The summed E-state index contributed by atoms with van der Waals surface area (Å²) in [5, 5.41) is 5.71. The molecule has 3 rings (SSSR count). The predicted molar refractivity (Wildman–Crippen MR) is 106 cm³/mol. The number of amides is 2. The number of carbonyl (C=O) groups is 2. The fourth-order valence-corrected chi connectivity index (χ4v) is 3.39. The predicted octanol–water partition coefficient (Wildman–Crippen LogP) is 1.41. The minimum Gasteiger partial charge on any atom is -0.496 e. The van der Waals surface area contributed by atoms with Crippen LogP contribution in [0.3, 0.4) is 0 Å². The summed E-state index contributed by atoms with van der Waals surface area (Å²) in [6.45, 7) is 4.24. The van der Waals surface area contributed by atoms with E-state index in [0.717, 1.165) is 22.6 Å². The normalized spacial score (nSPS) is 17.1. The van der Waals surface area contributed by atoms with Crippen LogP contribution in [0.2, 0.25) is 0 Å². The van der Waals surface area contributed by atoms with Crippen LogP contribution < -0.4 is 15.4 Å². The molecule has 0 radical (unpaired) electrons. The van der Waals surface area contributed by atoms with Gasteiger partial charge in [-0.05, 0) is 36.2 Å². The molecule has 2 heterocycles. The molecule has 0 bridgehead atoms. The van der Waals surface area contributed by atoms with Crippen LogP contribution in [0.4, 0.5) is 0 Å². The highest BCUT2D eigenvalue weighted by Gasteiger charge is 2.31. The van der Waals surface area contributed by atoms with Crippen molar-refractivity contribution in [1.82, 2.24) is 20.5 Å². The van der Waals surface area contributed by atoms with Crippen molar-refractivity contribution in [2.75, 3.05) is 20.2 Å². The van der Waals surface area contributed by atoms with Crippen LogP contribution >= 0.6 is 0 Å². The number of hydrogen-bond donors (Lipinski definition) is 2. The van der Waals surface area contributed by atoms with E-state index in [1.165, 1.54) is 0 Å². The summed E-state index contributed by atoms with van der Waals surface area (Å²) in [7, 11) is 1.65. The molecule has 1 atom stereocenters. The molecule has 0 saturated carbocycles. The molecule has 7 heteroatoms. The first-order chi connectivity index (χ1) is 13.6. The van der Waals surface area contributed by atoms with Gasteiger partial charge in [0.2, 0.25) is 11.8 Å². The number of piperazine rings is 1. The van der Waals surface area contributed by atoms with E-state index in [-0.39, 0.29) is 18.2 Å². The zero-order valence-electron chi connectivity index (χ0n) is 16.3. The smallest absolute Gasteiger partial charge is 0.237 e. The standard InChI is InChI=1S/C21H26N4O3/c1-15-11-16(6-7-19(15)28-2)14-25-10-9-23-21(27)18(25)12-20(26)24-13-17-5-3-4-8-22-17/h3-8,11,18H,9-10,12-14H2,1-2H3,(H,23,27)(H,24,26)/t18-/m0/s1. The first kappa shape index (κ1) is 19.8. The van der Waals surface area contributed by atoms with Crippen LogP contribution in [0.25, 0.3) is 0 Å². The Morgan fingerprint density at radius 3 is 2.93 bits per heavy atom. The fourth-order valence-electron chi connectivity index (χ4n) is 3.39. The number of carbonyl (C=O) groups excluding carboxylic acids is 2. The summed E-state index contributed by atoms with van der Waals surface area (Å²) in [6.07, 6.45) is 1.81. The van der Waals surface area contributed by atoms with Gasteiger partial charge in [-0.3, -0.25) is 19.5 Å². The first-order valence-corrected chi connectivity index (χ1v) is 9.38. The van der Waals surface area contributed by atoms with Crippen LogP contribution in [0.5, 0.6) is 5.75 Å². The molecule has 1 aliphatic heterocycles. The second-order valence-electron chi connectivity index (χ2n) is 6.88. The molecule has 148 valence electrons. The average Bonchev–Trinajstić information content (AvgIpc) is 2.70. The second-order valence-corrected chi connectivity index (χ2v) is 6.88. The van der Waals surface area contributed by atoms with Gasteiger partial charge in [0.15, 0.2) is 0 Å². The van der Waals surface area contributed by atoms with E-state index in [1.54, 1.807) is 13.3 Å². The Kier molecular flexibility index (Phi) is 6.60. The van der Waals surface area contributed by atoms with Gasteiger partial charge in [0.25, 0.3) is 0 Å². The number of aromatic nitrogens is 1. The largest absolute Gasteiger partial charge is 0.496 e. The highest BCUT2D eigenvalue weighted by atomic mass is 16.5. The summed E-state index contributed by atoms with van der Waals surface area (Å²) in [5.41, 5.74) is 2.92. The number of aryl methyl sites for hydroxylation is 1. The Hall–Kier alpha value is -2.93. The monoisotopic (exact) mass is 382 g/mol. The third-order valence-corrected chi connectivity index (χ3v) is 4.86. The molecule has 0 spiro atoms. The van der Waals surface area contributed by atoms with Crippen molar-refractivity contribution in [3.05, 3.63) is 59.4 Å². The molecule has 2 amide bonds. The molecular weight excluding hydrogens is 356 g/mol. The maximum atomic E-state index is 12.4. The van der Waals surface area contributed by atoms with Gasteiger partial charge in [0, 0.05) is 25.8 Å². The number of pyridine rings is 1. The number of benzene rings is 1. The summed E-state index contributed by atoms with van der Waals surface area (Å²) >= 11 is 0. The molecule has 0 aliphatic carbocycles. The minimum atomic E-state index is -0.486. The second kappa shape index (κ2) is 9.32. The van der Waals surface area contributed by atoms with Gasteiger partial charge in [-0.1, -0.05) is 18.2 Å². The van der Waals surface area contributed by atoms with Gasteiger partial charge in [0.05, 0.1) is 31.8 Å². The van der Waals surface area contributed by atoms with Crippen LogP contribution in [-0.2, 0) is 22.7 Å². The minimum absolute atomic E-state index is 0.107. The molecule has 1 aliphatic rings. The molecular formula is C21H26N4O3. The lowest BCUT2D eigenvalue weighted by Gasteiger charge is -2.34.